The van der Waals surface area contributed by atoms with Crippen molar-refractivity contribution in [2.45, 2.75) is 12.6 Å². The number of methoxy groups -OCH3 is 2. The van der Waals surface area contributed by atoms with Gasteiger partial charge in [0.2, 0.25) is 0 Å². The lowest BCUT2D eigenvalue weighted by atomic mass is 10.2. The van der Waals surface area contributed by atoms with Crippen molar-refractivity contribution < 1.29 is 28.2 Å². The number of nitrogens with one attached hydrogen (secondary N) is 2. The summed E-state index contributed by atoms with van der Waals surface area (Å²) in [6, 6.07) is 10.5. The van der Waals surface area contributed by atoms with E-state index in [1.165, 1.54) is 29.2 Å². The van der Waals surface area contributed by atoms with Crippen LogP contribution in [0.25, 0.3) is 0 Å². The number of carbonyl (C=O) groups is 2. The predicted molar refractivity (Wildman–Crippen MR) is 104 cm³/mol. The average Bonchev–Trinajstić information content (AvgIpc) is 3.11. The standard InChI is InChI=1S/C20H22FN3O5/c1-27-17-8-3-13(9-18(17)28-2)10-22-19(25)23-11-16-12-24(20(26)29-16)15-6-4-14(21)5-7-15/h3-9,16H,10-12H2,1-2H3,(H2,22,23,25)/t16-/m1/s1. The van der Waals surface area contributed by atoms with Crippen molar-refractivity contribution in [3.63, 3.8) is 0 Å². The first-order valence-electron chi connectivity index (χ1n) is 8.96. The van der Waals surface area contributed by atoms with Gasteiger partial charge in [0.15, 0.2) is 11.5 Å². The van der Waals surface area contributed by atoms with Crippen molar-refractivity contribution in [2.24, 2.45) is 0 Å². The molecule has 1 heterocycles. The van der Waals surface area contributed by atoms with Crippen LogP contribution in [0.3, 0.4) is 0 Å². The Kier molecular flexibility index (Phi) is 6.38. The second kappa shape index (κ2) is 9.13. The minimum Gasteiger partial charge on any atom is -0.493 e. The molecule has 1 aliphatic heterocycles. The molecule has 0 saturated carbocycles. The van der Waals surface area contributed by atoms with Crippen molar-refractivity contribution in [1.29, 1.82) is 0 Å². The number of rotatable bonds is 7. The fourth-order valence-electron chi connectivity index (χ4n) is 2.90. The smallest absolute Gasteiger partial charge is 0.414 e. The molecule has 29 heavy (non-hydrogen) atoms. The van der Waals surface area contributed by atoms with E-state index in [4.69, 9.17) is 14.2 Å². The monoisotopic (exact) mass is 403 g/mol. The third kappa shape index (κ3) is 5.07. The molecule has 0 bridgehead atoms. The summed E-state index contributed by atoms with van der Waals surface area (Å²) >= 11 is 0. The summed E-state index contributed by atoms with van der Waals surface area (Å²) in [5.74, 6) is 0.797. The van der Waals surface area contributed by atoms with Gasteiger partial charge in [-0.25, -0.2) is 14.0 Å². The van der Waals surface area contributed by atoms with Crippen LogP contribution in [0.5, 0.6) is 11.5 Å². The lowest BCUT2D eigenvalue weighted by Gasteiger charge is -2.13. The highest BCUT2D eigenvalue weighted by Gasteiger charge is 2.32. The topological polar surface area (TPSA) is 89.1 Å². The summed E-state index contributed by atoms with van der Waals surface area (Å²) in [5.41, 5.74) is 1.38. The van der Waals surface area contributed by atoms with Gasteiger partial charge in [0.05, 0.1) is 27.3 Å². The zero-order valence-electron chi connectivity index (χ0n) is 16.1. The van der Waals surface area contributed by atoms with Gasteiger partial charge in [0.25, 0.3) is 0 Å². The van der Waals surface area contributed by atoms with E-state index in [9.17, 15) is 14.0 Å². The maximum Gasteiger partial charge on any atom is 0.414 e. The fourth-order valence-corrected chi connectivity index (χ4v) is 2.90. The van der Waals surface area contributed by atoms with E-state index in [0.717, 1.165) is 5.56 Å². The molecular formula is C20H22FN3O5. The van der Waals surface area contributed by atoms with Crippen LogP contribution in [0.2, 0.25) is 0 Å². The van der Waals surface area contributed by atoms with Crippen molar-refractivity contribution in [3.05, 3.63) is 53.8 Å². The molecule has 0 aromatic heterocycles. The molecule has 2 N–H and O–H groups in total. The number of halogens is 1. The third-order valence-electron chi connectivity index (χ3n) is 4.40. The highest BCUT2D eigenvalue weighted by atomic mass is 19.1. The Morgan fingerprint density at radius 1 is 1.14 bits per heavy atom. The van der Waals surface area contributed by atoms with Crippen LogP contribution < -0.4 is 25.0 Å². The number of nitrogens with zero attached hydrogens (tertiary/aromatic N) is 1. The Hall–Kier alpha value is -3.49. The van der Waals surface area contributed by atoms with Gasteiger partial charge in [0, 0.05) is 12.2 Å². The number of anilines is 1. The Morgan fingerprint density at radius 3 is 2.55 bits per heavy atom. The van der Waals surface area contributed by atoms with E-state index in [1.54, 1.807) is 26.4 Å². The average molecular weight is 403 g/mol. The van der Waals surface area contributed by atoms with Crippen LogP contribution >= 0.6 is 0 Å². The first kappa shape index (κ1) is 20.2. The minimum absolute atomic E-state index is 0.154. The molecule has 2 aromatic rings. The number of urea groups is 1. The van der Waals surface area contributed by atoms with Gasteiger partial charge in [-0.05, 0) is 42.0 Å². The van der Waals surface area contributed by atoms with E-state index in [-0.39, 0.29) is 18.9 Å². The van der Waals surface area contributed by atoms with Gasteiger partial charge in [0.1, 0.15) is 11.9 Å². The molecule has 154 valence electrons. The number of hydrogen-bond donors (Lipinski definition) is 2. The summed E-state index contributed by atoms with van der Waals surface area (Å²) in [6.45, 7) is 0.708. The van der Waals surface area contributed by atoms with Gasteiger partial charge < -0.3 is 24.8 Å². The molecule has 9 heteroatoms. The zero-order chi connectivity index (χ0) is 20.8. The van der Waals surface area contributed by atoms with Crippen molar-refractivity contribution in [1.82, 2.24) is 10.6 Å². The first-order valence-corrected chi connectivity index (χ1v) is 8.96. The minimum atomic E-state index is -0.533. The maximum absolute atomic E-state index is 13.0. The van der Waals surface area contributed by atoms with E-state index in [2.05, 4.69) is 10.6 Å². The Balaban J connectivity index is 1.46. The molecular weight excluding hydrogens is 381 g/mol. The van der Waals surface area contributed by atoms with Crippen LogP contribution in [0.4, 0.5) is 19.7 Å². The van der Waals surface area contributed by atoms with Crippen LogP contribution in [-0.2, 0) is 11.3 Å². The van der Waals surface area contributed by atoms with Gasteiger partial charge in [-0.2, -0.15) is 0 Å². The lowest BCUT2D eigenvalue weighted by Crippen LogP contribution is -2.40. The van der Waals surface area contributed by atoms with Crippen molar-refractivity contribution >= 4 is 17.8 Å². The van der Waals surface area contributed by atoms with Crippen LogP contribution in [0.15, 0.2) is 42.5 Å². The third-order valence-corrected chi connectivity index (χ3v) is 4.40. The highest BCUT2D eigenvalue weighted by molar-refractivity contribution is 5.89. The SMILES string of the molecule is COc1ccc(CNC(=O)NC[C@@H]2CN(c3ccc(F)cc3)C(=O)O2)cc1OC. The zero-order valence-corrected chi connectivity index (χ0v) is 16.1. The molecule has 0 aliphatic carbocycles. The number of ether oxygens (including phenoxy) is 3. The van der Waals surface area contributed by atoms with Gasteiger partial charge >= 0.3 is 12.1 Å². The maximum atomic E-state index is 13.0. The lowest BCUT2D eigenvalue weighted by molar-refractivity contribution is 0.140. The first-order chi connectivity index (χ1) is 14.0. The van der Waals surface area contributed by atoms with Crippen LogP contribution in [-0.4, -0.2) is 45.5 Å². The summed E-state index contributed by atoms with van der Waals surface area (Å²) in [6.07, 6.45) is -1.03. The normalized spacial score (nSPS) is 15.6. The summed E-state index contributed by atoms with van der Waals surface area (Å²) < 4.78 is 28.7. The highest BCUT2D eigenvalue weighted by Crippen LogP contribution is 2.27. The van der Waals surface area contributed by atoms with Crippen LogP contribution in [0, 0.1) is 5.82 Å². The van der Waals surface area contributed by atoms with Gasteiger partial charge in [-0.1, -0.05) is 6.07 Å². The number of benzene rings is 2. The molecule has 3 amide bonds. The molecule has 0 radical (unpaired) electrons. The van der Waals surface area contributed by atoms with Crippen LogP contribution in [0.1, 0.15) is 5.56 Å². The number of hydrogen-bond acceptors (Lipinski definition) is 5. The summed E-state index contributed by atoms with van der Waals surface area (Å²) in [7, 11) is 3.09. The number of amides is 3. The molecule has 1 saturated heterocycles. The van der Waals surface area contributed by atoms with E-state index in [0.29, 0.717) is 23.7 Å². The number of carbonyl (C=O) groups excluding carboxylic acids is 2. The second-order valence-corrected chi connectivity index (χ2v) is 6.35. The Morgan fingerprint density at radius 2 is 1.86 bits per heavy atom. The molecule has 1 fully saturated rings. The molecule has 1 atom stereocenters. The molecule has 3 rings (SSSR count). The molecule has 2 aromatic carbocycles. The predicted octanol–water partition coefficient (Wildman–Crippen LogP) is 2.67. The molecule has 0 spiro atoms. The van der Waals surface area contributed by atoms with Gasteiger partial charge in [-0.3, -0.25) is 4.90 Å². The van der Waals surface area contributed by atoms with E-state index >= 15 is 0 Å². The van der Waals surface area contributed by atoms with Gasteiger partial charge in [-0.15, -0.1) is 0 Å². The summed E-state index contributed by atoms with van der Waals surface area (Å²) in [4.78, 5) is 25.4. The van der Waals surface area contributed by atoms with E-state index < -0.39 is 18.2 Å². The molecule has 1 aliphatic rings. The fraction of sp³-hybridized carbons (Fsp3) is 0.300. The van der Waals surface area contributed by atoms with E-state index in [1.807, 2.05) is 6.07 Å². The molecule has 8 nitrogen and oxygen atoms in total. The molecule has 0 unspecified atom stereocenters. The van der Waals surface area contributed by atoms with Crippen molar-refractivity contribution in [3.8, 4) is 11.5 Å². The Bertz CT molecular complexity index is 875. The second-order valence-electron chi connectivity index (χ2n) is 6.35. The largest absolute Gasteiger partial charge is 0.493 e. The Labute approximate surface area is 167 Å². The van der Waals surface area contributed by atoms with Crippen molar-refractivity contribution in [2.75, 3.05) is 32.2 Å². The number of cyclic esters (lactones) is 1. The summed E-state index contributed by atoms with van der Waals surface area (Å²) in [5, 5.41) is 5.41. The quantitative estimate of drug-likeness (QED) is 0.742.